The molecule has 4 saturated carbocycles. The van der Waals surface area contributed by atoms with Gasteiger partial charge >= 0.3 is 11.5 Å². The highest BCUT2D eigenvalue weighted by atomic mass is 79.9. The number of rotatable bonds is 2. The van der Waals surface area contributed by atoms with Crippen LogP contribution in [0.5, 0.6) is 0 Å². The fraction of sp³-hybridized carbons (Fsp3) is 0.704. The van der Waals surface area contributed by atoms with Gasteiger partial charge in [-0.3, -0.25) is 0 Å². The van der Waals surface area contributed by atoms with Crippen molar-refractivity contribution in [1.82, 2.24) is 9.62 Å². The van der Waals surface area contributed by atoms with E-state index in [1.807, 2.05) is 0 Å². The number of hydrogen-bond acceptors (Lipinski definition) is 3. The normalized spacial score (nSPS) is 33.5. The summed E-state index contributed by atoms with van der Waals surface area (Å²) >= 11 is 8.53. The molecule has 182 valence electrons. The van der Waals surface area contributed by atoms with Crippen LogP contribution in [0.15, 0.2) is 23.4 Å². The first kappa shape index (κ1) is 24.0. The third-order valence-corrected chi connectivity index (χ3v) is 11.4. The number of allylic oxidation sites excluding steroid dienone is 1. The van der Waals surface area contributed by atoms with Gasteiger partial charge in [0.05, 0.1) is 0 Å². The summed E-state index contributed by atoms with van der Waals surface area (Å²) in [5.74, 6) is 3.08. The number of anilines is 1. The van der Waals surface area contributed by atoms with Gasteiger partial charge in [0.2, 0.25) is 0 Å². The maximum atomic E-state index is 4.34. The van der Waals surface area contributed by atoms with E-state index in [0.717, 1.165) is 30.8 Å². The largest absolute Gasteiger partial charge is 0.459 e. The van der Waals surface area contributed by atoms with E-state index in [1.54, 1.807) is 0 Å². The van der Waals surface area contributed by atoms with Crippen molar-refractivity contribution < 1.29 is 0 Å². The molecular weight excluding hydrogens is 548 g/mol. The zero-order valence-corrected chi connectivity index (χ0v) is 25.0. The van der Waals surface area contributed by atoms with Crippen molar-refractivity contribution in [2.75, 3.05) is 17.9 Å². The quantitative estimate of drug-likeness (QED) is 0.343. The van der Waals surface area contributed by atoms with E-state index in [-0.39, 0.29) is 16.9 Å². The molecule has 5 fully saturated rings. The Hall–Kier alpha value is -0.390. The number of aryl methyl sites for hydroxylation is 3. The molecule has 1 saturated heterocycles. The minimum absolute atomic E-state index is 0.0381. The SMILES string of the molecule is Cc1cc(C)c(N2B(Br)N3CCN(C45CC6CC(CC(C6)C4)C5)B(Br)C3=C2C(C)(C)C)c(C)c1. The molecule has 0 N–H and O–H groups in total. The Morgan fingerprint density at radius 3 is 1.91 bits per heavy atom. The number of nitrogens with zero attached hydrogens (tertiary/aromatic N) is 3. The van der Waals surface area contributed by atoms with E-state index in [1.165, 1.54) is 72.2 Å². The van der Waals surface area contributed by atoms with Crippen molar-refractivity contribution in [3.05, 3.63) is 40.1 Å². The Bertz CT molecular complexity index is 991. The third kappa shape index (κ3) is 3.53. The molecule has 4 bridgehead atoms. The first-order valence-corrected chi connectivity index (χ1v) is 15.2. The van der Waals surface area contributed by atoms with Crippen LogP contribution in [0.1, 0.15) is 76.0 Å². The topological polar surface area (TPSA) is 9.72 Å². The first-order valence-electron chi connectivity index (χ1n) is 13.4. The van der Waals surface area contributed by atoms with Crippen LogP contribution >= 0.6 is 31.5 Å². The standard InChI is InChI=1S/C27H39B2Br2N3/c1-17-9-18(2)23(19(3)10-17)34-24(26(4,5)6)25-28(30)33(8-7-32(25)29(34)31)27-14-20-11-21(15-27)13-22(12-20)16-27/h9-10,20-22H,7-8,11-16H2,1-6H3. The van der Waals surface area contributed by atoms with Gasteiger partial charge in [-0.05, 0) is 88.2 Å². The molecule has 0 aromatic heterocycles. The van der Waals surface area contributed by atoms with Crippen LogP contribution in [0.25, 0.3) is 0 Å². The van der Waals surface area contributed by atoms with Gasteiger partial charge in [-0.1, -0.05) is 54.2 Å². The van der Waals surface area contributed by atoms with Crippen molar-refractivity contribution in [2.45, 2.75) is 85.6 Å². The number of benzene rings is 1. The fourth-order valence-corrected chi connectivity index (χ4v) is 10.9. The summed E-state index contributed by atoms with van der Waals surface area (Å²) in [4.78, 5) is 8.19. The van der Waals surface area contributed by atoms with Crippen LogP contribution in [0.3, 0.4) is 0 Å². The highest BCUT2D eigenvalue weighted by Crippen LogP contribution is 2.59. The second-order valence-corrected chi connectivity index (χ2v) is 15.0. The molecule has 0 spiro atoms. The number of fused-ring (bicyclic) bond motifs is 1. The molecule has 0 unspecified atom stereocenters. The van der Waals surface area contributed by atoms with Crippen LogP contribution in [0.4, 0.5) is 5.69 Å². The zero-order chi connectivity index (χ0) is 24.2. The molecule has 0 amide bonds. The van der Waals surface area contributed by atoms with E-state index in [9.17, 15) is 0 Å². The molecule has 7 rings (SSSR count). The van der Waals surface area contributed by atoms with E-state index in [0.29, 0.717) is 5.54 Å². The lowest BCUT2D eigenvalue weighted by Crippen LogP contribution is -2.67. The van der Waals surface area contributed by atoms with Gasteiger partial charge in [-0.2, -0.15) is 0 Å². The second kappa shape index (κ2) is 8.05. The molecule has 0 radical (unpaired) electrons. The van der Waals surface area contributed by atoms with Crippen LogP contribution in [0, 0.1) is 43.9 Å². The lowest BCUT2D eigenvalue weighted by atomic mass is 9.51. The maximum absolute atomic E-state index is 4.34. The summed E-state index contributed by atoms with van der Waals surface area (Å²) < 4.78 is 0. The Balaban J connectivity index is 1.45. The number of hydrogen-bond donors (Lipinski definition) is 0. The average molecular weight is 587 g/mol. The summed E-state index contributed by atoms with van der Waals surface area (Å²) in [6.07, 6.45) is 8.80. The minimum atomic E-state index is 0.0381. The second-order valence-electron chi connectivity index (χ2n) is 13.3. The van der Waals surface area contributed by atoms with E-state index in [4.69, 9.17) is 0 Å². The molecule has 34 heavy (non-hydrogen) atoms. The summed E-state index contributed by atoms with van der Waals surface area (Å²) in [5, 5.41) is 0. The van der Waals surface area contributed by atoms with Gasteiger partial charge in [0.15, 0.2) is 0 Å². The molecule has 2 heterocycles. The van der Waals surface area contributed by atoms with E-state index < -0.39 is 0 Å². The van der Waals surface area contributed by atoms with Gasteiger partial charge in [0.25, 0.3) is 0 Å². The van der Waals surface area contributed by atoms with Crippen molar-refractivity contribution in [3.63, 3.8) is 0 Å². The van der Waals surface area contributed by atoms with Gasteiger partial charge in [-0.15, -0.1) is 15.8 Å². The molecule has 6 aliphatic rings. The lowest BCUT2D eigenvalue weighted by Gasteiger charge is -2.62. The average Bonchev–Trinajstić information content (AvgIpc) is 3.00. The molecule has 1 aromatic rings. The molecule has 0 atom stereocenters. The van der Waals surface area contributed by atoms with Crippen molar-refractivity contribution in [3.8, 4) is 0 Å². The fourth-order valence-electron chi connectivity index (χ4n) is 8.98. The Morgan fingerprint density at radius 1 is 0.882 bits per heavy atom. The minimum Gasteiger partial charge on any atom is -0.392 e. The third-order valence-electron chi connectivity index (χ3n) is 9.55. The Labute approximate surface area is 224 Å². The van der Waals surface area contributed by atoms with E-state index >= 15 is 0 Å². The van der Waals surface area contributed by atoms with Crippen LogP contribution in [0.2, 0.25) is 0 Å². The number of halogens is 2. The molecule has 7 heteroatoms. The Morgan fingerprint density at radius 2 is 1.41 bits per heavy atom. The van der Waals surface area contributed by atoms with Crippen molar-refractivity contribution in [1.29, 1.82) is 0 Å². The molecule has 3 nitrogen and oxygen atoms in total. The highest BCUT2D eigenvalue weighted by molar-refractivity contribution is 9.25. The van der Waals surface area contributed by atoms with Crippen LogP contribution in [-0.4, -0.2) is 39.7 Å². The summed E-state index contributed by atoms with van der Waals surface area (Å²) in [5.41, 5.74) is 9.16. The van der Waals surface area contributed by atoms with Gasteiger partial charge in [0.1, 0.15) is 0 Å². The van der Waals surface area contributed by atoms with Crippen LogP contribution in [-0.2, 0) is 0 Å². The van der Waals surface area contributed by atoms with E-state index in [2.05, 4.69) is 99.6 Å². The lowest BCUT2D eigenvalue weighted by molar-refractivity contribution is -0.0602. The zero-order valence-electron chi connectivity index (χ0n) is 21.8. The molecule has 1 aromatic carbocycles. The van der Waals surface area contributed by atoms with Crippen molar-refractivity contribution >= 4 is 48.7 Å². The monoisotopic (exact) mass is 585 g/mol. The predicted octanol–water partition coefficient (Wildman–Crippen LogP) is 7.08. The molecular formula is C27H39B2Br2N3. The highest BCUT2D eigenvalue weighted by Gasteiger charge is 2.59. The molecule has 2 aliphatic heterocycles. The molecule has 4 aliphatic carbocycles. The summed E-state index contributed by atoms with van der Waals surface area (Å²) in [6.45, 7) is 16.2. The van der Waals surface area contributed by atoms with Gasteiger partial charge in [0, 0.05) is 41.0 Å². The summed E-state index contributed by atoms with van der Waals surface area (Å²) in [6, 6.07) is 4.69. The Kier molecular flexibility index (Phi) is 5.68. The maximum Gasteiger partial charge on any atom is 0.459 e. The van der Waals surface area contributed by atoms with Gasteiger partial charge in [-0.25, -0.2) is 0 Å². The van der Waals surface area contributed by atoms with Crippen LogP contribution < -0.4 is 4.81 Å². The predicted molar refractivity (Wildman–Crippen MR) is 153 cm³/mol. The van der Waals surface area contributed by atoms with Crippen molar-refractivity contribution in [2.24, 2.45) is 23.2 Å². The first-order chi connectivity index (χ1) is 16.0. The summed E-state index contributed by atoms with van der Waals surface area (Å²) in [7, 11) is 0. The smallest absolute Gasteiger partial charge is 0.392 e. The van der Waals surface area contributed by atoms with Gasteiger partial charge < -0.3 is 14.4 Å².